The molecule has 0 bridgehead atoms. The van der Waals surface area contributed by atoms with Crippen LogP contribution >= 0.6 is 37.5 Å². The van der Waals surface area contributed by atoms with Gasteiger partial charge in [0.2, 0.25) is 5.24 Å². The minimum atomic E-state index is -0.747. The van der Waals surface area contributed by atoms with Gasteiger partial charge in [0.05, 0.1) is 0 Å². The number of halogens is 2. The van der Waals surface area contributed by atoms with E-state index in [0.717, 1.165) is 38.6 Å². The molecule has 0 heterocycles. The number of benzene rings is 1. The van der Waals surface area contributed by atoms with Gasteiger partial charge in [0.25, 0.3) is 0 Å². The topological polar surface area (TPSA) is 92.4 Å². The number of carbonyl (C=O) groups excluding carboxylic acids is 1. The Morgan fingerprint density at radius 1 is 1.14 bits per heavy atom. The SMILES string of the molecule is CC(=O)Cl.CCCCCNC(CCCCN)C(=O)O.Cc1ccccc1.Cl.S. The van der Waals surface area contributed by atoms with E-state index in [0.29, 0.717) is 13.0 Å². The maximum atomic E-state index is 10.9. The van der Waals surface area contributed by atoms with Crippen LogP contribution < -0.4 is 11.1 Å². The molecular formula is C20H38Cl2N2O3S. The third-order valence-corrected chi connectivity index (χ3v) is 3.36. The number of unbranched alkanes of at least 4 members (excludes halogenated alkanes) is 3. The van der Waals surface area contributed by atoms with Gasteiger partial charge < -0.3 is 16.2 Å². The largest absolute Gasteiger partial charge is 0.480 e. The van der Waals surface area contributed by atoms with Crippen molar-refractivity contribution in [2.75, 3.05) is 13.1 Å². The molecule has 166 valence electrons. The fraction of sp³-hybridized carbons (Fsp3) is 0.600. The zero-order valence-corrected chi connectivity index (χ0v) is 19.8. The Morgan fingerprint density at radius 2 is 1.68 bits per heavy atom. The van der Waals surface area contributed by atoms with Crippen molar-refractivity contribution in [2.24, 2.45) is 5.73 Å². The molecular weight excluding hydrogens is 419 g/mol. The Hall–Kier alpha value is -0.790. The summed E-state index contributed by atoms with van der Waals surface area (Å²) in [6.45, 7) is 6.95. The summed E-state index contributed by atoms with van der Waals surface area (Å²) in [7, 11) is 0. The third-order valence-electron chi connectivity index (χ3n) is 3.36. The molecule has 0 aliphatic carbocycles. The Labute approximate surface area is 188 Å². The first-order valence-corrected chi connectivity index (χ1v) is 9.56. The van der Waals surface area contributed by atoms with Crippen molar-refractivity contribution in [3.05, 3.63) is 35.9 Å². The second kappa shape index (κ2) is 26.2. The number of aryl methyl sites for hydroxylation is 1. The number of aliphatic carboxylic acids is 1. The van der Waals surface area contributed by atoms with Gasteiger partial charge in [-0.3, -0.25) is 9.59 Å². The Balaban J connectivity index is -0.000000184. The molecule has 0 aromatic heterocycles. The van der Waals surface area contributed by atoms with E-state index < -0.39 is 12.0 Å². The average molecular weight is 458 g/mol. The highest BCUT2D eigenvalue weighted by Gasteiger charge is 2.15. The highest BCUT2D eigenvalue weighted by molar-refractivity contribution is 7.59. The van der Waals surface area contributed by atoms with Crippen LogP contribution in [0.4, 0.5) is 0 Å². The molecule has 5 nitrogen and oxygen atoms in total. The molecule has 1 aromatic carbocycles. The summed E-state index contributed by atoms with van der Waals surface area (Å²) < 4.78 is 0. The number of hydrogen-bond donors (Lipinski definition) is 3. The molecule has 0 saturated carbocycles. The van der Waals surface area contributed by atoms with Crippen LogP contribution in [0.2, 0.25) is 0 Å². The van der Waals surface area contributed by atoms with Crippen LogP contribution in [0.5, 0.6) is 0 Å². The van der Waals surface area contributed by atoms with Crippen molar-refractivity contribution in [1.29, 1.82) is 0 Å². The van der Waals surface area contributed by atoms with Crippen molar-refractivity contribution in [3.63, 3.8) is 0 Å². The van der Waals surface area contributed by atoms with Crippen molar-refractivity contribution in [3.8, 4) is 0 Å². The summed E-state index contributed by atoms with van der Waals surface area (Å²) >= 11 is 4.64. The zero-order valence-electron chi connectivity index (χ0n) is 17.2. The summed E-state index contributed by atoms with van der Waals surface area (Å²) in [5.41, 5.74) is 6.68. The molecule has 0 aliphatic rings. The lowest BCUT2D eigenvalue weighted by Gasteiger charge is -2.13. The Kier molecular flexibility index (Phi) is 32.5. The van der Waals surface area contributed by atoms with Gasteiger partial charge in [-0.1, -0.05) is 62.1 Å². The quantitative estimate of drug-likeness (QED) is 0.351. The smallest absolute Gasteiger partial charge is 0.320 e. The van der Waals surface area contributed by atoms with Crippen LogP contribution in [0.15, 0.2) is 30.3 Å². The molecule has 8 heteroatoms. The number of hydrogen-bond acceptors (Lipinski definition) is 4. The highest BCUT2D eigenvalue weighted by atomic mass is 35.5. The van der Waals surface area contributed by atoms with Crippen LogP contribution in [0, 0.1) is 6.92 Å². The van der Waals surface area contributed by atoms with E-state index in [-0.39, 0.29) is 31.1 Å². The summed E-state index contributed by atoms with van der Waals surface area (Å²) in [5.74, 6) is -0.747. The Morgan fingerprint density at radius 3 is 2.04 bits per heavy atom. The van der Waals surface area contributed by atoms with E-state index in [2.05, 4.69) is 42.9 Å². The van der Waals surface area contributed by atoms with Gasteiger partial charge in [-0.15, -0.1) is 12.4 Å². The number of nitrogens with one attached hydrogen (secondary N) is 1. The van der Waals surface area contributed by atoms with Gasteiger partial charge in [0.15, 0.2) is 0 Å². The highest BCUT2D eigenvalue weighted by Crippen LogP contribution is 2.01. The molecule has 1 unspecified atom stereocenters. The first kappa shape index (κ1) is 34.7. The third kappa shape index (κ3) is 30.0. The number of carboxylic acids is 1. The number of carbonyl (C=O) groups is 2. The lowest BCUT2D eigenvalue weighted by molar-refractivity contribution is -0.139. The van der Waals surface area contributed by atoms with E-state index in [1.165, 1.54) is 12.5 Å². The molecule has 0 amide bonds. The van der Waals surface area contributed by atoms with Crippen LogP contribution in [-0.2, 0) is 9.59 Å². The molecule has 0 aliphatic heterocycles. The first-order chi connectivity index (χ1) is 12.3. The van der Waals surface area contributed by atoms with Gasteiger partial charge in [-0.25, -0.2) is 0 Å². The van der Waals surface area contributed by atoms with E-state index in [9.17, 15) is 9.59 Å². The predicted octanol–water partition coefficient (Wildman–Crippen LogP) is 4.65. The second-order valence-corrected chi connectivity index (χ2v) is 6.49. The number of rotatable bonds is 10. The Bertz CT molecular complexity index is 462. The molecule has 1 rings (SSSR count). The van der Waals surface area contributed by atoms with Crippen molar-refractivity contribution in [2.45, 2.75) is 65.3 Å². The standard InChI is InChI=1S/C11H24N2O2.C7H8.C2H3ClO.ClH.H2S/c1-2-3-6-9-13-10(11(14)15)7-4-5-8-12;1-7-5-3-2-4-6-7;1-2(3)4;;/h10,13H,2-9,12H2,1H3,(H,14,15);2-6H,1H3;1H3;1H;1H2. The van der Waals surface area contributed by atoms with Crippen LogP contribution in [-0.4, -0.2) is 35.4 Å². The average Bonchev–Trinajstić information content (AvgIpc) is 2.57. The minimum absolute atomic E-state index is 0. The van der Waals surface area contributed by atoms with Crippen molar-refractivity contribution >= 4 is 48.7 Å². The van der Waals surface area contributed by atoms with Gasteiger partial charge >= 0.3 is 5.97 Å². The molecule has 28 heavy (non-hydrogen) atoms. The number of nitrogens with two attached hydrogens (primary N) is 1. The summed E-state index contributed by atoms with van der Waals surface area (Å²) in [6, 6.07) is 9.87. The molecule has 0 radical (unpaired) electrons. The molecule has 0 spiro atoms. The summed E-state index contributed by atoms with van der Waals surface area (Å²) in [6.07, 6.45) is 5.83. The van der Waals surface area contributed by atoms with Crippen LogP contribution in [0.1, 0.15) is 57.9 Å². The van der Waals surface area contributed by atoms with Gasteiger partial charge in [-0.2, -0.15) is 13.5 Å². The zero-order chi connectivity index (χ0) is 20.2. The minimum Gasteiger partial charge on any atom is -0.480 e. The van der Waals surface area contributed by atoms with Crippen LogP contribution in [0.3, 0.4) is 0 Å². The van der Waals surface area contributed by atoms with Gasteiger partial charge in [0, 0.05) is 6.92 Å². The normalized spacial score (nSPS) is 9.89. The van der Waals surface area contributed by atoms with Gasteiger partial charge in [-0.05, 0) is 50.9 Å². The summed E-state index contributed by atoms with van der Waals surface area (Å²) in [4.78, 5) is 20.1. The molecule has 0 saturated heterocycles. The lowest BCUT2D eigenvalue weighted by Crippen LogP contribution is -2.37. The predicted molar refractivity (Wildman–Crippen MR) is 127 cm³/mol. The van der Waals surface area contributed by atoms with E-state index in [4.69, 9.17) is 10.8 Å². The fourth-order valence-electron chi connectivity index (χ4n) is 1.99. The van der Waals surface area contributed by atoms with Crippen LogP contribution in [0.25, 0.3) is 0 Å². The molecule has 1 aromatic rings. The molecule has 4 N–H and O–H groups in total. The molecule has 1 atom stereocenters. The van der Waals surface area contributed by atoms with Gasteiger partial charge in [0.1, 0.15) is 6.04 Å². The number of carboxylic acid groups (broad SMARTS) is 1. The lowest BCUT2D eigenvalue weighted by atomic mass is 10.1. The monoisotopic (exact) mass is 456 g/mol. The second-order valence-electron chi connectivity index (χ2n) is 5.96. The maximum absolute atomic E-state index is 10.9. The van der Waals surface area contributed by atoms with E-state index in [1.807, 2.05) is 18.2 Å². The summed E-state index contributed by atoms with van der Waals surface area (Å²) in [5, 5.41) is 11.6. The van der Waals surface area contributed by atoms with E-state index in [1.54, 1.807) is 0 Å². The maximum Gasteiger partial charge on any atom is 0.320 e. The van der Waals surface area contributed by atoms with E-state index >= 15 is 0 Å². The van der Waals surface area contributed by atoms with Crippen molar-refractivity contribution in [1.82, 2.24) is 5.32 Å². The molecule has 0 fully saturated rings. The fourth-order valence-corrected chi connectivity index (χ4v) is 1.99. The van der Waals surface area contributed by atoms with Crippen molar-refractivity contribution < 1.29 is 14.7 Å². The first-order valence-electron chi connectivity index (χ1n) is 9.19.